The van der Waals surface area contributed by atoms with E-state index in [1.807, 2.05) is 0 Å². The van der Waals surface area contributed by atoms with Crippen LogP contribution < -0.4 is 21.0 Å². The van der Waals surface area contributed by atoms with Crippen molar-refractivity contribution in [3.05, 3.63) is 102 Å². The Morgan fingerprint density at radius 2 is 1.25 bits per heavy atom. The molecular formula is C61H83FN8O18. The Bertz CT molecular complexity index is 3090. The molecule has 0 spiro atoms. The highest BCUT2D eigenvalue weighted by Crippen LogP contribution is 2.46. The first-order chi connectivity index (χ1) is 42.7. The summed E-state index contributed by atoms with van der Waals surface area (Å²) in [4.78, 5) is 62.3. The number of hydrogen-bond donors (Lipinski definition) is 3. The van der Waals surface area contributed by atoms with E-state index in [9.17, 15) is 24.3 Å². The predicted molar refractivity (Wildman–Crippen MR) is 318 cm³/mol. The number of carbonyl (C=O) groups is 3. The molecular weight excluding hydrogens is 1150 g/mol. The lowest BCUT2D eigenvalue weighted by Crippen LogP contribution is -2.48. The van der Waals surface area contributed by atoms with E-state index < -0.39 is 46.2 Å². The van der Waals surface area contributed by atoms with Gasteiger partial charge in [0.2, 0.25) is 5.91 Å². The number of aromatic nitrogens is 2. The fourth-order valence-corrected chi connectivity index (χ4v) is 9.94. The van der Waals surface area contributed by atoms with Gasteiger partial charge in [-0.1, -0.05) is 12.0 Å². The fourth-order valence-electron chi connectivity index (χ4n) is 9.94. The van der Waals surface area contributed by atoms with Crippen molar-refractivity contribution in [1.82, 2.24) is 20.3 Å². The van der Waals surface area contributed by atoms with Crippen LogP contribution in [-0.4, -0.2) is 197 Å². The van der Waals surface area contributed by atoms with E-state index >= 15 is 4.39 Å². The van der Waals surface area contributed by atoms with Gasteiger partial charge >= 0.3 is 5.97 Å². The van der Waals surface area contributed by atoms with Gasteiger partial charge in [-0.25, -0.2) is 19.6 Å². The minimum atomic E-state index is -2.03. The number of esters is 1. The smallest absolute Gasteiger partial charge is 0.343 e. The molecule has 0 unspecified atom stereocenters. The van der Waals surface area contributed by atoms with E-state index in [1.165, 1.54) is 24.5 Å². The molecule has 2 aromatic heterocycles. The van der Waals surface area contributed by atoms with Crippen molar-refractivity contribution in [1.29, 1.82) is 0 Å². The number of halogens is 1. The zero-order valence-electron chi connectivity index (χ0n) is 51.0. The Morgan fingerprint density at radius 1 is 0.750 bits per heavy atom. The highest BCUT2D eigenvalue weighted by atomic mass is 19.1. The number of cyclic esters (lactones) is 1. The van der Waals surface area contributed by atoms with E-state index in [2.05, 4.69) is 25.9 Å². The molecule has 7 rings (SSSR count). The number of fused-ring (bicyclic) bond motifs is 5. The van der Waals surface area contributed by atoms with Gasteiger partial charge in [0.25, 0.3) is 11.5 Å². The van der Waals surface area contributed by atoms with Crippen molar-refractivity contribution in [2.75, 3.05) is 159 Å². The number of hydrogen-bond acceptors (Lipinski definition) is 21. The molecule has 2 aliphatic heterocycles. The first-order valence-electron chi connectivity index (χ1n) is 29.8. The maximum absolute atomic E-state index is 15.5. The molecule has 0 fully saturated rings. The number of nitrogens with zero attached hydrogens (tertiary/aromatic N) is 6. The summed E-state index contributed by atoms with van der Waals surface area (Å²) >= 11 is 0. The highest BCUT2D eigenvalue weighted by Gasteiger charge is 2.46. The molecule has 3 N–H and O–H groups in total. The number of benzene rings is 2. The van der Waals surface area contributed by atoms with Gasteiger partial charge in [-0.3, -0.25) is 14.4 Å². The first-order valence-corrected chi connectivity index (χ1v) is 29.8. The second kappa shape index (κ2) is 35.6. The molecule has 3 aliphatic rings. The van der Waals surface area contributed by atoms with Crippen molar-refractivity contribution < 1.29 is 85.5 Å². The van der Waals surface area contributed by atoms with Crippen molar-refractivity contribution in [3.8, 4) is 17.1 Å². The van der Waals surface area contributed by atoms with Crippen LogP contribution in [0.15, 0.2) is 51.4 Å². The van der Waals surface area contributed by atoms with Gasteiger partial charge in [0, 0.05) is 34.0 Å². The number of hydrazone groups is 1. The second-order valence-corrected chi connectivity index (χ2v) is 21.2. The average Bonchev–Trinajstić information content (AvgIpc) is 2.22. The molecule has 0 saturated carbocycles. The van der Waals surface area contributed by atoms with Crippen LogP contribution in [0.4, 0.5) is 4.39 Å². The normalized spacial score (nSPS) is 16.0. The van der Waals surface area contributed by atoms with Gasteiger partial charge in [0.1, 0.15) is 30.2 Å². The summed E-state index contributed by atoms with van der Waals surface area (Å²) in [6.45, 7) is 18.1. The quantitative estimate of drug-likeness (QED) is 0.00670. The Hall–Kier alpha value is -6.56. The maximum atomic E-state index is 15.5. The molecule has 0 saturated heterocycles. The lowest BCUT2D eigenvalue weighted by atomic mass is 9.81. The van der Waals surface area contributed by atoms with Crippen molar-refractivity contribution >= 4 is 34.4 Å². The fraction of sp³-hybridized carbons (Fsp3) is 0.607. The number of ether oxygens (including phenoxy) is 13. The predicted octanol–water partition coefficient (Wildman–Crippen LogP) is 5.07. The largest absolute Gasteiger partial charge is 0.491 e. The molecule has 2 amide bonds. The van der Waals surface area contributed by atoms with Crippen LogP contribution in [-0.2, 0) is 96.4 Å². The Kier molecular flexibility index (Phi) is 27.9. The topological polar surface area (TPSA) is 311 Å². The zero-order valence-corrected chi connectivity index (χ0v) is 51.0. The van der Waals surface area contributed by atoms with E-state index in [4.69, 9.17) is 72.1 Å². The minimum Gasteiger partial charge on any atom is -0.491 e. The monoisotopic (exact) mass is 1230 g/mol. The maximum Gasteiger partial charge on any atom is 0.343 e. The van der Waals surface area contributed by atoms with Gasteiger partial charge in [0.05, 0.1) is 186 Å². The van der Waals surface area contributed by atoms with Crippen LogP contribution in [0, 0.1) is 18.2 Å². The molecule has 1 aliphatic carbocycles. The Balaban J connectivity index is 0.695. The number of aliphatic hydroxyl groups is 1. The average molecular weight is 1240 g/mol. The third-order valence-corrected chi connectivity index (χ3v) is 15.0. The standard InChI is InChI=1S/C61H83FN8O18/c1-6-61(75)48-37-52-55-46(39-70(52)56(71)47(48)40-88-59(61)74)54-50(12-11-45-41(2)49(62)38-51(65-55)53(45)54)66-57(72)60(4,5)58(73)68-67-42(3)43-7-9-44(10-8-43)87-36-35-86-34-33-85-32-31-84-30-29-83-28-27-82-26-25-81-24-23-80-22-21-79-20-19-78-18-17-77-16-15-76-14-13-64-69-63/h7-10,37-38,50,75H,6,11-36,39-40H2,1-5H3,(H,66,72)(H,68,73)/t50-,61-/m1/s1. The summed E-state index contributed by atoms with van der Waals surface area (Å²) in [5.74, 6) is -1.90. The van der Waals surface area contributed by atoms with E-state index in [0.717, 1.165) is 5.56 Å². The summed E-state index contributed by atoms with van der Waals surface area (Å²) in [7, 11) is 0. The minimum absolute atomic E-state index is 0.0300. The van der Waals surface area contributed by atoms with E-state index in [-0.39, 0.29) is 30.7 Å². The van der Waals surface area contributed by atoms with Crippen molar-refractivity contribution in [2.45, 2.75) is 78.7 Å². The molecule has 26 nitrogen and oxygen atoms in total. The van der Waals surface area contributed by atoms with Crippen LogP contribution in [0.5, 0.6) is 5.75 Å². The van der Waals surface area contributed by atoms with Gasteiger partial charge < -0.3 is 76.6 Å². The number of rotatable bonds is 43. The summed E-state index contributed by atoms with van der Waals surface area (Å²) in [6, 6.07) is 9.45. The highest BCUT2D eigenvalue weighted by molar-refractivity contribution is 6.06. The van der Waals surface area contributed by atoms with E-state index in [1.54, 1.807) is 51.1 Å². The van der Waals surface area contributed by atoms with E-state index in [0.29, 0.717) is 227 Å². The van der Waals surface area contributed by atoms with Gasteiger partial charge in [-0.05, 0) is 105 Å². The Morgan fingerprint density at radius 3 is 1.75 bits per heavy atom. The molecule has 4 heterocycles. The molecule has 0 radical (unpaired) electrons. The lowest BCUT2D eigenvalue weighted by Gasteiger charge is -2.32. The van der Waals surface area contributed by atoms with Gasteiger partial charge in [-0.2, -0.15) is 5.10 Å². The van der Waals surface area contributed by atoms with Gasteiger partial charge in [-0.15, -0.1) is 0 Å². The number of amides is 2. The number of aryl methyl sites for hydroxylation is 1. The van der Waals surface area contributed by atoms with Crippen LogP contribution in [0.1, 0.15) is 85.5 Å². The number of nitrogens with one attached hydrogen (secondary N) is 2. The summed E-state index contributed by atoms with van der Waals surface area (Å²) in [6.07, 6.45) is 0.761. The third-order valence-electron chi connectivity index (χ3n) is 15.0. The molecule has 27 heteroatoms. The second-order valence-electron chi connectivity index (χ2n) is 21.2. The molecule has 482 valence electrons. The molecule has 2 atom stereocenters. The summed E-state index contributed by atoms with van der Waals surface area (Å²) < 4.78 is 88.4. The summed E-state index contributed by atoms with van der Waals surface area (Å²) in [5.41, 5.74) is 11.8. The third kappa shape index (κ3) is 19.0. The Labute approximate surface area is 510 Å². The van der Waals surface area contributed by atoms with Crippen molar-refractivity contribution in [3.63, 3.8) is 0 Å². The molecule has 0 bridgehead atoms. The van der Waals surface area contributed by atoms with Crippen LogP contribution >= 0.6 is 0 Å². The summed E-state index contributed by atoms with van der Waals surface area (Å²) in [5, 5.41) is 22.9. The zero-order chi connectivity index (χ0) is 62.7. The van der Waals surface area contributed by atoms with Crippen molar-refractivity contribution in [2.24, 2.45) is 15.6 Å². The molecule has 88 heavy (non-hydrogen) atoms. The SMILES string of the molecule is CC[C@]1(O)C(=O)OCc2c1cc1n(c2=O)Cc2c-1nc1cc(F)c(C)c3c1c2[C@H](NC(=O)C(C)(C)C(=O)NN=C(C)c1ccc(OCCOCCOCCOCCOCCOCCOCCOCCOCCOCCOCCOCCN=[N+]=[N-])cc1)CC3. The van der Waals surface area contributed by atoms with Crippen LogP contribution in [0.25, 0.3) is 32.7 Å². The lowest BCUT2D eigenvalue weighted by molar-refractivity contribution is -0.172. The van der Waals surface area contributed by atoms with Crippen LogP contribution in [0.2, 0.25) is 0 Å². The first kappa shape index (κ1) is 68.9. The number of carbonyl (C=O) groups excluding carboxylic acids is 3. The number of pyridine rings is 2. The van der Waals surface area contributed by atoms with Gasteiger partial charge in [0.15, 0.2) is 5.60 Å². The molecule has 2 aromatic carbocycles. The number of azide groups is 1. The molecule has 4 aromatic rings. The van der Waals surface area contributed by atoms with Crippen LogP contribution in [0.3, 0.4) is 0 Å².